The van der Waals surface area contributed by atoms with Crippen molar-refractivity contribution in [1.82, 2.24) is 15.3 Å². The number of hydrogen-bond donors (Lipinski definition) is 2. The van der Waals surface area contributed by atoms with Crippen LogP contribution >= 0.6 is 11.6 Å². The van der Waals surface area contributed by atoms with Crippen LogP contribution < -0.4 is 10.6 Å². The maximum Gasteiger partial charge on any atom is 0.224 e. The normalized spacial score (nSPS) is 14.3. The van der Waals surface area contributed by atoms with Crippen LogP contribution in [0.15, 0.2) is 0 Å². The minimum Gasteiger partial charge on any atom is -0.370 e. The Morgan fingerprint density at radius 2 is 2.31 bits per heavy atom. The first-order valence-corrected chi connectivity index (χ1v) is 4.69. The summed E-state index contributed by atoms with van der Waals surface area (Å²) >= 11 is 5.77. The SMILES string of the molecule is CCNc1nc(Cl)nc2c1CNC2. The average molecular weight is 199 g/mol. The Morgan fingerprint density at radius 1 is 1.46 bits per heavy atom. The fraction of sp³-hybridized carbons (Fsp3) is 0.500. The highest BCUT2D eigenvalue weighted by atomic mass is 35.5. The second-order valence-electron chi connectivity index (χ2n) is 2.90. The molecular formula is C8H11ClN4. The maximum atomic E-state index is 5.77. The topological polar surface area (TPSA) is 49.8 Å². The van der Waals surface area contributed by atoms with Crippen molar-refractivity contribution < 1.29 is 0 Å². The van der Waals surface area contributed by atoms with Crippen molar-refractivity contribution in [3.05, 3.63) is 16.5 Å². The minimum absolute atomic E-state index is 0.318. The van der Waals surface area contributed by atoms with Crippen molar-refractivity contribution >= 4 is 17.4 Å². The van der Waals surface area contributed by atoms with Gasteiger partial charge in [-0.2, -0.15) is 0 Å². The van der Waals surface area contributed by atoms with Crippen LogP contribution in [-0.2, 0) is 13.1 Å². The second-order valence-corrected chi connectivity index (χ2v) is 3.24. The van der Waals surface area contributed by atoms with E-state index in [0.29, 0.717) is 5.28 Å². The van der Waals surface area contributed by atoms with Crippen molar-refractivity contribution in [1.29, 1.82) is 0 Å². The third-order valence-electron chi connectivity index (χ3n) is 2.00. The van der Waals surface area contributed by atoms with Gasteiger partial charge in [0.15, 0.2) is 0 Å². The Balaban J connectivity index is 2.43. The molecule has 1 aromatic heterocycles. The van der Waals surface area contributed by atoms with E-state index in [1.165, 1.54) is 0 Å². The van der Waals surface area contributed by atoms with Crippen molar-refractivity contribution in [3.63, 3.8) is 0 Å². The first kappa shape index (κ1) is 8.72. The number of anilines is 1. The molecule has 0 amide bonds. The molecule has 5 heteroatoms. The number of rotatable bonds is 2. The van der Waals surface area contributed by atoms with Gasteiger partial charge in [-0.1, -0.05) is 0 Å². The third kappa shape index (κ3) is 1.59. The molecule has 2 N–H and O–H groups in total. The molecule has 0 unspecified atom stereocenters. The zero-order valence-corrected chi connectivity index (χ0v) is 8.15. The van der Waals surface area contributed by atoms with Crippen LogP contribution in [0, 0.1) is 0 Å². The van der Waals surface area contributed by atoms with Crippen LogP contribution in [0.3, 0.4) is 0 Å². The molecule has 70 valence electrons. The molecule has 0 spiro atoms. The van der Waals surface area contributed by atoms with Crippen molar-refractivity contribution in [2.24, 2.45) is 0 Å². The van der Waals surface area contributed by atoms with Gasteiger partial charge in [0.25, 0.3) is 0 Å². The van der Waals surface area contributed by atoms with Crippen LogP contribution in [0.2, 0.25) is 5.28 Å². The summed E-state index contributed by atoms with van der Waals surface area (Å²) in [6, 6.07) is 0. The Morgan fingerprint density at radius 3 is 3.08 bits per heavy atom. The molecule has 0 saturated heterocycles. The van der Waals surface area contributed by atoms with Crippen LogP contribution in [0.5, 0.6) is 0 Å². The summed E-state index contributed by atoms with van der Waals surface area (Å²) in [5.41, 5.74) is 2.15. The molecule has 0 aromatic carbocycles. The van der Waals surface area contributed by atoms with Crippen molar-refractivity contribution in [2.45, 2.75) is 20.0 Å². The molecule has 0 fully saturated rings. The Kier molecular flexibility index (Phi) is 2.33. The summed E-state index contributed by atoms with van der Waals surface area (Å²) in [6.07, 6.45) is 0. The summed E-state index contributed by atoms with van der Waals surface area (Å²) in [4.78, 5) is 8.29. The summed E-state index contributed by atoms with van der Waals surface area (Å²) in [6.45, 7) is 4.50. The van der Waals surface area contributed by atoms with Gasteiger partial charge in [-0.25, -0.2) is 9.97 Å². The number of nitrogens with one attached hydrogen (secondary N) is 2. The van der Waals surface area contributed by atoms with Crippen molar-refractivity contribution in [3.8, 4) is 0 Å². The maximum absolute atomic E-state index is 5.77. The van der Waals surface area contributed by atoms with E-state index in [1.54, 1.807) is 0 Å². The van der Waals surface area contributed by atoms with Crippen LogP contribution in [0.4, 0.5) is 5.82 Å². The third-order valence-corrected chi connectivity index (χ3v) is 2.17. The Bertz CT molecular complexity index is 326. The highest BCUT2D eigenvalue weighted by Crippen LogP contribution is 2.22. The summed E-state index contributed by atoms with van der Waals surface area (Å²) < 4.78 is 0. The van der Waals surface area contributed by atoms with E-state index in [1.807, 2.05) is 6.92 Å². The smallest absolute Gasteiger partial charge is 0.224 e. The standard InChI is InChI=1S/C8H11ClN4/c1-2-11-7-5-3-10-4-6(5)12-8(9)13-7/h10H,2-4H2,1H3,(H,11,12,13). The van der Waals surface area contributed by atoms with E-state index in [-0.39, 0.29) is 0 Å². The molecule has 13 heavy (non-hydrogen) atoms. The lowest BCUT2D eigenvalue weighted by molar-refractivity contribution is 0.758. The summed E-state index contributed by atoms with van der Waals surface area (Å²) in [7, 11) is 0. The van der Waals surface area contributed by atoms with Gasteiger partial charge in [0, 0.05) is 25.2 Å². The monoisotopic (exact) mass is 198 g/mol. The fourth-order valence-electron chi connectivity index (χ4n) is 1.45. The van der Waals surface area contributed by atoms with Gasteiger partial charge in [-0.15, -0.1) is 0 Å². The highest BCUT2D eigenvalue weighted by Gasteiger charge is 2.17. The van der Waals surface area contributed by atoms with Gasteiger partial charge < -0.3 is 10.6 Å². The summed E-state index contributed by atoms with van der Waals surface area (Å²) in [5.74, 6) is 0.863. The number of halogens is 1. The number of fused-ring (bicyclic) bond motifs is 1. The minimum atomic E-state index is 0.318. The van der Waals surface area contributed by atoms with E-state index < -0.39 is 0 Å². The molecule has 0 radical (unpaired) electrons. The first-order chi connectivity index (χ1) is 6.31. The lowest BCUT2D eigenvalue weighted by Crippen LogP contribution is -2.05. The van der Waals surface area contributed by atoms with Gasteiger partial charge in [0.1, 0.15) is 5.82 Å². The van der Waals surface area contributed by atoms with Crippen LogP contribution in [0.25, 0.3) is 0 Å². The second kappa shape index (κ2) is 3.47. The van der Waals surface area contributed by atoms with Crippen molar-refractivity contribution in [2.75, 3.05) is 11.9 Å². The van der Waals surface area contributed by atoms with Gasteiger partial charge in [-0.3, -0.25) is 0 Å². The molecule has 0 atom stereocenters. The average Bonchev–Trinajstić information content (AvgIpc) is 2.52. The molecule has 0 bridgehead atoms. The summed E-state index contributed by atoms with van der Waals surface area (Å²) in [5, 5.41) is 6.70. The van der Waals surface area contributed by atoms with Crippen LogP contribution in [0.1, 0.15) is 18.2 Å². The predicted octanol–water partition coefficient (Wildman–Crippen LogP) is 1.16. The quantitative estimate of drug-likeness (QED) is 0.701. The highest BCUT2D eigenvalue weighted by molar-refractivity contribution is 6.28. The first-order valence-electron chi connectivity index (χ1n) is 4.31. The molecule has 1 aliphatic rings. The van der Waals surface area contributed by atoms with E-state index in [2.05, 4.69) is 20.6 Å². The number of hydrogen-bond acceptors (Lipinski definition) is 4. The van der Waals surface area contributed by atoms with E-state index in [4.69, 9.17) is 11.6 Å². The fourth-order valence-corrected chi connectivity index (χ4v) is 1.64. The molecule has 0 saturated carbocycles. The molecule has 4 nitrogen and oxygen atoms in total. The van der Waals surface area contributed by atoms with Gasteiger partial charge >= 0.3 is 0 Å². The zero-order chi connectivity index (χ0) is 9.26. The number of aromatic nitrogens is 2. The van der Waals surface area contributed by atoms with Gasteiger partial charge in [-0.05, 0) is 18.5 Å². The lowest BCUT2D eigenvalue weighted by atomic mass is 10.2. The molecule has 0 aliphatic carbocycles. The van der Waals surface area contributed by atoms with Gasteiger partial charge in [0.2, 0.25) is 5.28 Å². The Hall–Kier alpha value is -0.870. The molecule has 1 aromatic rings. The van der Waals surface area contributed by atoms with E-state index in [9.17, 15) is 0 Å². The van der Waals surface area contributed by atoms with E-state index in [0.717, 1.165) is 36.7 Å². The largest absolute Gasteiger partial charge is 0.370 e. The molecule has 2 rings (SSSR count). The van der Waals surface area contributed by atoms with Crippen LogP contribution in [-0.4, -0.2) is 16.5 Å². The number of nitrogens with zero attached hydrogens (tertiary/aromatic N) is 2. The van der Waals surface area contributed by atoms with E-state index >= 15 is 0 Å². The molecule has 1 aliphatic heterocycles. The molecule has 2 heterocycles. The molecular weight excluding hydrogens is 188 g/mol. The predicted molar refractivity (Wildman–Crippen MR) is 51.7 cm³/mol. The zero-order valence-electron chi connectivity index (χ0n) is 7.39. The lowest BCUT2D eigenvalue weighted by Gasteiger charge is -2.07. The van der Waals surface area contributed by atoms with Gasteiger partial charge in [0.05, 0.1) is 5.69 Å². The Labute approximate surface area is 81.7 Å².